The summed E-state index contributed by atoms with van der Waals surface area (Å²) in [5.74, 6) is 0.129. The Kier molecular flexibility index (Phi) is 2.29. The number of nitrogens with zero attached hydrogens (tertiary/aromatic N) is 1. The Morgan fingerprint density at radius 1 is 1.47 bits per heavy atom. The second-order valence-electron chi connectivity index (χ2n) is 3.90. The molecular formula is C12H12N2O. The van der Waals surface area contributed by atoms with Gasteiger partial charge in [-0.25, -0.2) is 0 Å². The second kappa shape index (κ2) is 3.48. The van der Waals surface area contributed by atoms with E-state index in [4.69, 9.17) is 5.26 Å². The summed E-state index contributed by atoms with van der Waals surface area (Å²) in [6, 6.07) is 9.48. The van der Waals surface area contributed by atoms with Crippen molar-refractivity contribution < 1.29 is 4.79 Å². The molecule has 15 heavy (non-hydrogen) atoms. The van der Waals surface area contributed by atoms with Gasteiger partial charge in [0.1, 0.15) is 5.78 Å². The molecule has 0 spiro atoms. The third-order valence-electron chi connectivity index (χ3n) is 3.09. The van der Waals surface area contributed by atoms with E-state index in [1.54, 1.807) is 13.0 Å². The van der Waals surface area contributed by atoms with Crippen molar-refractivity contribution in [2.24, 2.45) is 0 Å². The van der Waals surface area contributed by atoms with E-state index in [1.807, 2.05) is 18.2 Å². The van der Waals surface area contributed by atoms with Gasteiger partial charge in [0.15, 0.2) is 0 Å². The van der Waals surface area contributed by atoms with Gasteiger partial charge in [-0.3, -0.25) is 4.79 Å². The topological polar surface area (TPSA) is 52.9 Å². The van der Waals surface area contributed by atoms with Crippen LogP contribution in [0.3, 0.4) is 0 Å². The van der Waals surface area contributed by atoms with E-state index in [0.717, 1.165) is 5.56 Å². The summed E-state index contributed by atoms with van der Waals surface area (Å²) in [5, 5.41) is 12.1. The number of ketones is 1. The van der Waals surface area contributed by atoms with Crippen molar-refractivity contribution in [3.05, 3.63) is 35.4 Å². The van der Waals surface area contributed by atoms with Crippen LogP contribution in [-0.4, -0.2) is 18.9 Å². The Hall–Kier alpha value is -1.66. The van der Waals surface area contributed by atoms with Crippen LogP contribution in [0.15, 0.2) is 24.3 Å². The van der Waals surface area contributed by atoms with Crippen molar-refractivity contribution in [2.75, 3.05) is 13.1 Å². The summed E-state index contributed by atoms with van der Waals surface area (Å²) in [4.78, 5) is 11.7. The fourth-order valence-electron chi connectivity index (χ4n) is 2.00. The fraction of sp³-hybridized carbons (Fsp3) is 0.333. The predicted molar refractivity (Wildman–Crippen MR) is 56.4 cm³/mol. The van der Waals surface area contributed by atoms with Crippen LogP contribution in [0.1, 0.15) is 18.1 Å². The highest BCUT2D eigenvalue weighted by Gasteiger charge is 2.44. The quantitative estimate of drug-likeness (QED) is 0.774. The third kappa shape index (κ3) is 1.34. The molecule has 1 aromatic carbocycles. The lowest BCUT2D eigenvalue weighted by atomic mass is 9.71. The maximum absolute atomic E-state index is 11.7. The molecule has 2 rings (SSSR count). The SMILES string of the molecule is CC(=O)C1(c2ccccc2C#N)CNC1. The molecule has 1 fully saturated rings. The first kappa shape index (κ1) is 9.88. The molecule has 1 aromatic rings. The third-order valence-corrected chi connectivity index (χ3v) is 3.09. The molecule has 0 atom stereocenters. The van der Waals surface area contributed by atoms with E-state index >= 15 is 0 Å². The fourth-order valence-corrected chi connectivity index (χ4v) is 2.00. The van der Waals surface area contributed by atoms with E-state index in [0.29, 0.717) is 18.7 Å². The molecule has 0 unspecified atom stereocenters. The van der Waals surface area contributed by atoms with Crippen molar-refractivity contribution in [2.45, 2.75) is 12.3 Å². The van der Waals surface area contributed by atoms with E-state index in [9.17, 15) is 4.79 Å². The Morgan fingerprint density at radius 3 is 2.60 bits per heavy atom. The minimum Gasteiger partial charge on any atom is -0.314 e. The largest absolute Gasteiger partial charge is 0.314 e. The zero-order valence-corrected chi connectivity index (χ0v) is 8.58. The monoisotopic (exact) mass is 200 g/mol. The summed E-state index contributed by atoms with van der Waals surface area (Å²) in [6.07, 6.45) is 0. The molecule has 0 radical (unpaired) electrons. The summed E-state index contributed by atoms with van der Waals surface area (Å²) in [7, 11) is 0. The number of benzene rings is 1. The minimum absolute atomic E-state index is 0.129. The van der Waals surface area contributed by atoms with Crippen LogP contribution < -0.4 is 5.32 Å². The normalized spacial score (nSPS) is 17.6. The smallest absolute Gasteiger partial charge is 0.142 e. The highest BCUT2D eigenvalue weighted by Crippen LogP contribution is 2.31. The molecule has 1 N–H and O–H groups in total. The van der Waals surface area contributed by atoms with Crippen molar-refractivity contribution in [1.82, 2.24) is 5.32 Å². The first-order valence-corrected chi connectivity index (χ1v) is 4.92. The van der Waals surface area contributed by atoms with Crippen molar-refractivity contribution in [3.8, 4) is 6.07 Å². The van der Waals surface area contributed by atoms with Crippen LogP contribution in [0.25, 0.3) is 0 Å². The van der Waals surface area contributed by atoms with Gasteiger partial charge in [-0.05, 0) is 18.6 Å². The predicted octanol–water partition coefficient (Wildman–Crippen LogP) is 0.988. The number of carbonyl (C=O) groups is 1. The molecule has 0 aliphatic carbocycles. The lowest BCUT2D eigenvalue weighted by Gasteiger charge is -2.41. The standard InChI is InChI=1S/C12H12N2O/c1-9(15)12(7-14-8-12)11-5-3-2-4-10(11)6-13/h2-5,14H,7-8H2,1H3. The highest BCUT2D eigenvalue weighted by molar-refractivity contribution is 5.90. The molecule has 1 aliphatic rings. The highest BCUT2D eigenvalue weighted by atomic mass is 16.1. The van der Waals surface area contributed by atoms with Crippen LogP contribution in [0.2, 0.25) is 0 Å². The summed E-state index contributed by atoms with van der Waals surface area (Å²) in [6.45, 7) is 2.87. The van der Waals surface area contributed by atoms with Crippen LogP contribution in [0.5, 0.6) is 0 Å². The zero-order chi connectivity index (χ0) is 10.9. The Morgan fingerprint density at radius 2 is 2.13 bits per heavy atom. The van der Waals surface area contributed by atoms with Gasteiger partial charge in [-0.1, -0.05) is 18.2 Å². The molecule has 0 bridgehead atoms. The van der Waals surface area contributed by atoms with E-state index < -0.39 is 5.41 Å². The Bertz CT molecular complexity index is 441. The van der Waals surface area contributed by atoms with E-state index in [-0.39, 0.29) is 5.78 Å². The molecule has 76 valence electrons. The molecule has 3 heteroatoms. The molecule has 0 saturated carbocycles. The van der Waals surface area contributed by atoms with Crippen molar-refractivity contribution in [1.29, 1.82) is 5.26 Å². The van der Waals surface area contributed by atoms with Gasteiger partial charge >= 0.3 is 0 Å². The van der Waals surface area contributed by atoms with E-state index in [2.05, 4.69) is 11.4 Å². The summed E-state index contributed by atoms with van der Waals surface area (Å²) >= 11 is 0. The molecule has 1 heterocycles. The maximum atomic E-state index is 11.7. The molecule has 1 aliphatic heterocycles. The van der Waals surface area contributed by atoms with Crippen molar-refractivity contribution >= 4 is 5.78 Å². The Balaban J connectivity index is 2.53. The summed E-state index contributed by atoms with van der Waals surface area (Å²) < 4.78 is 0. The maximum Gasteiger partial charge on any atom is 0.142 e. The molecule has 1 saturated heterocycles. The van der Waals surface area contributed by atoms with Gasteiger partial charge in [-0.2, -0.15) is 5.26 Å². The number of carbonyl (C=O) groups excluding carboxylic acids is 1. The number of nitriles is 1. The van der Waals surface area contributed by atoms with Crippen LogP contribution >= 0.6 is 0 Å². The molecule has 0 amide bonds. The number of Topliss-reactive ketones (excluding diaryl/α,β-unsaturated/α-hetero) is 1. The second-order valence-corrected chi connectivity index (χ2v) is 3.90. The molecular weight excluding hydrogens is 188 g/mol. The number of rotatable bonds is 2. The van der Waals surface area contributed by atoms with E-state index in [1.165, 1.54) is 0 Å². The molecule has 0 aromatic heterocycles. The van der Waals surface area contributed by atoms with Gasteiger partial charge in [0.25, 0.3) is 0 Å². The van der Waals surface area contributed by atoms with Gasteiger partial charge < -0.3 is 5.32 Å². The number of hydrogen-bond acceptors (Lipinski definition) is 3. The first-order chi connectivity index (χ1) is 7.20. The number of nitrogens with one attached hydrogen (secondary N) is 1. The lowest BCUT2D eigenvalue weighted by molar-refractivity contribution is -0.124. The first-order valence-electron chi connectivity index (χ1n) is 4.92. The van der Waals surface area contributed by atoms with Crippen LogP contribution in [0.4, 0.5) is 0 Å². The zero-order valence-electron chi connectivity index (χ0n) is 8.58. The van der Waals surface area contributed by atoms with Gasteiger partial charge in [0.05, 0.1) is 17.0 Å². The average molecular weight is 200 g/mol. The molecule has 3 nitrogen and oxygen atoms in total. The number of hydrogen-bond donors (Lipinski definition) is 1. The van der Waals surface area contributed by atoms with Gasteiger partial charge in [-0.15, -0.1) is 0 Å². The summed E-state index contributed by atoms with van der Waals surface area (Å²) in [5.41, 5.74) is 1.000. The van der Waals surface area contributed by atoms with Crippen LogP contribution in [0, 0.1) is 11.3 Å². The van der Waals surface area contributed by atoms with Crippen molar-refractivity contribution in [3.63, 3.8) is 0 Å². The minimum atomic E-state index is -0.466. The van der Waals surface area contributed by atoms with Crippen LogP contribution in [-0.2, 0) is 10.2 Å². The lowest BCUT2D eigenvalue weighted by Crippen LogP contribution is -2.61. The van der Waals surface area contributed by atoms with Gasteiger partial charge in [0.2, 0.25) is 0 Å². The van der Waals surface area contributed by atoms with Gasteiger partial charge in [0, 0.05) is 13.1 Å². The Labute approximate surface area is 88.7 Å². The average Bonchev–Trinajstić information content (AvgIpc) is 2.16.